The summed E-state index contributed by atoms with van der Waals surface area (Å²) >= 11 is 0. The van der Waals surface area contributed by atoms with Gasteiger partial charge >= 0.3 is 0 Å². The van der Waals surface area contributed by atoms with Crippen molar-refractivity contribution in [2.24, 2.45) is 0 Å². The van der Waals surface area contributed by atoms with E-state index in [9.17, 15) is 4.79 Å². The molecule has 0 saturated carbocycles. The number of rotatable bonds is 10. The average molecular weight is 357 g/mol. The van der Waals surface area contributed by atoms with Crippen molar-refractivity contribution in [3.05, 3.63) is 53.6 Å². The first-order valence-corrected chi connectivity index (χ1v) is 8.96. The average Bonchev–Trinajstić information content (AvgIpc) is 2.67. The number of amides is 1. The maximum absolute atomic E-state index is 12.5. The molecule has 0 heterocycles. The molecule has 0 bridgehead atoms. The normalized spacial score (nSPS) is 10.4. The van der Waals surface area contributed by atoms with Crippen molar-refractivity contribution in [2.45, 2.75) is 33.3 Å². The number of carbonyl (C=O) groups excluding carboxylic acids is 1. The zero-order valence-corrected chi connectivity index (χ0v) is 15.7. The zero-order valence-electron chi connectivity index (χ0n) is 15.7. The molecule has 0 aromatic heterocycles. The van der Waals surface area contributed by atoms with Crippen LogP contribution in [0.15, 0.2) is 42.5 Å². The Kier molecular flexibility index (Phi) is 7.96. The summed E-state index contributed by atoms with van der Waals surface area (Å²) in [6.45, 7) is 5.79. The predicted molar refractivity (Wildman–Crippen MR) is 103 cm³/mol. The first-order valence-electron chi connectivity index (χ1n) is 8.96. The molecule has 1 N–H and O–H groups in total. The van der Waals surface area contributed by atoms with Crippen LogP contribution in [0.4, 0.5) is 5.69 Å². The first-order chi connectivity index (χ1) is 12.7. The highest BCUT2D eigenvalue weighted by Crippen LogP contribution is 2.22. The van der Waals surface area contributed by atoms with E-state index >= 15 is 0 Å². The molecule has 1 amide bonds. The van der Waals surface area contributed by atoms with Crippen LogP contribution in [-0.2, 0) is 11.3 Å². The number of methoxy groups -OCH3 is 1. The molecule has 2 aromatic carbocycles. The van der Waals surface area contributed by atoms with Gasteiger partial charge in [-0.3, -0.25) is 4.79 Å². The lowest BCUT2D eigenvalue weighted by Crippen LogP contribution is -2.12. The van der Waals surface area contributed by atoms with Gasteiger partial charge in [0.2, 0.25) is 0 Å². The minimum absolute atomic E-state index is 0.174. The van der Waals surface area contributed by atoms with Crippen molar-refractivity contribution in [2.75, 3.05) is 25.6 Å². The number of ether oxygens (including phenoxy) is 3. The molecule has 0 spiro atoms. The summed E-state index contributed by atoms with van der Waals surface area (Å²) in [7, 11) is 1.62. The quantitative estimate of drug-likeness (QED) is 0.628. The lowest BCUT2D eigenvalue weighted by atomic mass is 10.1. The van der Waals surface area contributed by atoms with Gasteiger partial charge in [-0.1, -0.05) is 13.3 Å². The van der Waals surface area contributed by atoms with Gasteiger partial charge < -0.3 is 19.5 Å². The van der Waals surface area contributed by atoms with Gasteiger partial charge in [0, 0.05) is 23.4 Å². The van der Waals surface area contributed by atoms with E-state index in [-0.39, 0.29) is 5.91 Å². The molecule has 0 fully saturated rings. The lowest BCUT2D eigenvalue weighted by Gasteiger charge is -2.12. The Labute approximate surface area is 155 Å². The van der Waals surface area contributed by atoms with E-state index in [0.29, 0.717) is 25.4 Å². The van der Waals surface area contributed by atoms with Crippen molar-refractivity contribution in [3.8, 4) is 11.5 Å². The van der Waals surface area contributed by atoms with Crippen LogP contribution in [-0.4, -0.2) is 26.2 Å². The third-order valence-electron chi connectivity index (χ3n) is 3.87. The summed E-state index contributed by atoms with van der Waals surface area (Å²) < 4.78 is 16.4. The minimum Gasteiger partial charge on any atom is -0.496 e. The van der Waals surface area contributed by atoms with Gasteiger partial charge in [0.25, 0.3) is 5.91 Å². The van der Waals surface area contributed by atoms with Crippen LogP contribution in [0.2, 0.25) is 0 Å². The fourth-order valence-electron chi connectivity index (χ4n) is 2.47. The van der Waals surface area contributed by atoms with Gasteiger partial charge in [0.05, 0.1) is 20.3 Å². The van der Waals surface area contributed by atoms with Gasteiger partial charge in [-0.2, -0.15) is 0 Å². The number of anilines is 1. The number of hydrogen-bond acceptors (Lipinski definition) is 4. The van der Waals surface area contributed by atoms with E-state index in [4.69, 9.17) is 14.2 Å². The van der Waals surface area contributed by atoms with Gasteiger partial charge in [0.1, 0.15) is 11.5 Å². The Bertz CT molecular complexity index is 698. The van der Waals surface area contributed by atoms with Crippen molar-refractivity contribution in [1.82, 2.24) is 0 Å². The topological polar surface area (TPSA) is 56.8 Å². The number of hydrogen-bond donors (Lipinski definition) is 1. The van der Waals surface area contributed by atoms with E-state index < -0.39 is 0 Å². The Balaban J connectivity index is 2.05. The maximum atomic E-state index is 12.5. The molecule has 5 heteroatoms. The molecule has 0 unspecified atom stereocenters. The summed E-state index contributed by atoms with van der Waals surface area (Å²) in [5.41, 5.74) is 2.15. The molecular formula is C21H27NO4. The Morgan fingerprint density at radius 1 is 1.08 bits per heavy atom. The summed E-state index contributed by atoms with van der Waals surface area (Å²) in [5, 5.41) is 2.89. The monoisotopic (exact) mass is 357 g/mol. The highest BCUT2D eigenvalue weighted by Gasteiger charge is 2.11. The Morgan fingerprint density at radius 3 is 2.50 bits per heavy atom. The molecule has 0 aliphatic carbocycles. The fourth-order valence-corrected chi connectivity index (χ4v) is 2.47. The first kappa shape index (κ1) is 19.8. The predicted octanol–water partition coefficient (Wildman–Crippen LogP) is 4.66. The van der Waals surface area contributed by atoms with Crippen LogP contribution in [0.3, 0.4) is 0 Å². The van der Waals surface area contributed by atoms with Crippen molar-refractivity contribution >= 4 is 11.6 Å². The van der Waals surface area contributed by atoms with Gasteiger partial charge in [0.15, 0.2) is 0 Å². The van der Waals surface area contributed by atoms with Crippen molar-refractivity contribution in [3.63, 3.8) is 0 Å². The fraction of sp³-hybridized carbons (Fsp3) is 0.381. The van der Waals surface area contributed by atoms with Crippen LogP contribution in [0.1, 0.15) is 42.6 Å². The molecule has 140 valence electrons. The van der Waals surface area contributed by atoms with Crippen LogP contribution in [0.5, 0.6) is 11.5 Å². The molecule has 0 saturated heterocycles. The second kappa shape index (κ2) is 10.5. The largest absolute Gasteiger partial charge is 0.496 e. The molecule has 0 aliphatic rings. The summed E-state index contributed by atoms with van der Waals surface area (Å²) in [6, 6.07) is 12.7. The SMILES string of the molecule is CCCCOCc1cc(C(=O)Nc2ccc(OCC)cc2)ccc1OC. The second-order valence-electron chi connectivity index (χ2n) is 5.84. The summed E-state index contributed by atoms with van der Waals surface area (Å²) in [4.78, 5) is 12.5. The van der Waals surface area contributed by atoms with Crippen LogP contribution >= 0.6 is 0 Å². The Morgan fingerprint density at radius 2 is 1.85 bits per heavy atom. The molecule has 0 aliphatic heterocycles. The second-order valence-corrected chi connectivity index (χ2v) is 5.84. The van der Waals surface area contributed by atoms with Crippen molar-refractivity contribution < 1.29 is 19.0 Å². The number of benzene rings is 2. The molecule has 0 radical (unpaired) electrons. The standard InChI is InChI=1S/C21H27NO4/c1-4-6-13-25-15-17-14-16(7-12-20(17)24-3)21(23)22-18-8-10-19(11-9-18)26-5-2/h7-12,14H,4-6,13,15H2,1-3H3,(H,22,23). The van der Waals surface area contributed by atoms with Crippen LogP contribution < -0.4 is 14.8 Å². The smallest absolute Gasteiger partial charge is 0.255 e. The number of unbranched alkanes of at least 4 members (excludes halogenated alkanes) is 1. The maximum Gasteiger partial charge on any atom is 0.255 e. The van der Waals surface area contributed by atoms with Crippen LogP contribution in [0, 0.1) is 0 Å². The van der Waals surface area contributed by atoms with E-state index in [0.717, 1.165) is 35.6 Å². The molecule has 2 aromatic rings. The third kappa shape index (κ3) is 5.77. The van der Waals surface area contributed by atoms with E-state index in [1.165, 1.54) is 0 Å². The number of nitrogens with one attached hydrogen (secondary N) is 1. The van der Waals surface area contributed by atoms with E-state index in [1.807, 2.05) is 37.3 Å². The van der Waals surface area contributed by atoms with Crippen molar-refractivity contribution in [1.29, 1.82) is 0 Å². The van der Waals surface area contributed by atoms with Gasteiger partial charge in [-0.15, -0.1) is 0 Å². The molecule has 0 atom stereocenters. The highest BCUT2D eigenvalue weighted by atomic mass is 16.5. The molecular weight excluding hydrogens is 330 g/mol. The highest BCUT2D eigenvalue weighted by molar-refractivity contribution is 6.04. The lowest BCUT2D eigenvalue weighted by molar-refractivity contribution is 0.102. The van der Waals surface area contributed by atoms with E-state index in [1.54, 1.807) is 19.2 Å². The third-order valence-corrected chi connectivity index (χ3v) is 3.87. The zero-order chi connectivity index (χ0) is 18.8. The molecule has 26 heavy (non-hydrogen) atoms. The summed E-state index contributed by atoms with van der Waals surface area (Å²) in [6.07, 6.45) is 2.10. The molecule has 2 rings (SSSR count). The minimum atomic E-state index is -0.174. The van der Waals surface area contributed by atoms with Gasteiger partial charge in [-0.25, -0.2) is 0 Å². The number of carbonyl (C=O) groups is 1. The van der Waals surface area contributed by atoms with Crippen LogP contribution in [0.25, 0.3) is 0 Å². The van der Waals surface area contributed by atoms with E-state index in [2.05, 4.69) is 12.2 Å². The van der Waals surface area contributed by atoms with Gasteiger partial charge in [-0.05, 0) is 55.8 Å². The Hall–Kier alpha value is -2.53. The molecule has 5 nitrogen and oxygen atoms in total. The summed E-state index contributed by atoms with van der Waals surface area (Å²) in [5.74, 6) is 1.33.